The lowest BCUT2D eigenvalue weighted by Crippen LogP contribution is -2.39. The van der Waals surface area contributed by atoms with E-state index in [1.165, 1.54) is 11.0 Å². The first-order valence-electron chi connectivity index (χ1n) is 5.73. The van der Waals surface area contributed by atoms with Crippen molar-refractivity contribution in [1.82, 2.24) is 4.90 Å². The molecular weight excluding hydrogens is 361 g/mol. The van der Waals surface area contributed by atoms with Gasteiger partial charge >= 0.3 is 0 Å². The molecule has 1 rings (SSSR count). The summed E-state index contributed by atoms with van der Waals surface area (Å²) in [6.45, 7) is 2.40. The average Bonchev–Trinajstić information content (AvgIpc) is 2.40. The molecule has 0 aliphatic carbocycles. The molecule has 1 amide bonds. The van der Waals surface area contributed by atoms with Crippen LogP contribution in [-0.4, -0.2) is 40.0 Å². The summed E-state index contributed by atoms with van der Waals surface area (Å²) >= 11 is 2.06. The molecule has 0 bridgehead atoms. The third kappa shape index (κ3) is 4.27. The molecule has 0 aliphatic heterocycles. The molecule has 0 fully saturated rings. The highest BCUT2D eigenvalue weighted by atomic mass is 127. The largest absolute Gasteiger partial charge is 0.507 e. The Bertz CT molecular complexity index is 491. The van der Waals surface area contributed by atoms with E-state index in [2.05, 4.69) is 27.7 Å². The Morgan fingerprint density at radius 2 is 2.21 bits per heavy atom. The number of aromatic hydroxyl groups is 1. The van der Waals surface area contributed by atoms with Crippen LogP contribution < -0.4 is 5.73 Å². The second-order valence-electron chi connectivity index (χ2n) is 3.98. The second-order valence-corrected chi connectivity index (χ2v) is 5.23. The molecule has 6 nitrogen and oxygen atoms in total. The van der Waals surface area contributed by atoms with Gasteiger partial charge in [-0.2, -0.15) is 0 Å². The molecule has 1 aromatic rings. The molecule has 1 aromatic carbocycles. The third-order valence-corrected chi connectivity index (χ3v) is 3.12. The summed E-state index contributed by atoms with van der Waals surface area (Å²) in [5, 5.41) is 21.2. The van der Waals surface area contributed by atoms with E-state index in [4.69, 9.17) is 10.9 Å². The minimum absolute atomic E-state index is 0.0219. The van der Waals surface area contributed by atoms with E-state index >= 15 is 0 Å². The van der Waals surface area contributed by atoms with Crippen molar-refractivity contribution in [2.45, 2.75) is 13.3 Å². The number of hydrogen-bond donors (Lipinski definition) is 3. The van der Waals surface area contributed by atoms with E-state index in [1.807, 2.05) is 6.92 Å². The zero-order valence-corrected chi connectivity index (χ0v) is 12.7. The van der Waals surface area contributed by atoms with Crippen LogP contribution in [0.15, 0.2) is 23.4 Å². The van der Waals surface area contributed by atoms with Gasteiger partial charge in [-0.1, -0.05) is 12.1 Å². The van der Waals surface area contributed by atoms with Gasteiger partial charge in [0, 0.05) is 10.1 Å². The Kier molecular flexibility index (Phi) is 5.87. The molecule has 0 saturated carbocycles. The van der Waals surface area contributed by atoms with Crippen LogP contribution in [0.25, 0.3) is 0 Å². The normalized spacial score (nSPS) is 11.4. The molecule has 0 spiro atoms. The number of amidine groups is 1. The summed E-state index contributed by atoms with van der Waals surface area (Å²) in [5.74, 6) is -0.470. The van der Waals surface area contributed by atoms with Gasteiger partial charge in [0.1, 0.15) is 5.75 Å². The number of hydrogen-bond acceptors (Lipinski definition) is 4. The van der Waals surface area contributed by atoms with Crippen LogP contribution in [0.4, 0.5) is 0 Å². The lowest BCUT2D eigenvalue weighted by atomic mass is 10.1. The van der Waals surface area contributed by atoms with E-state index in [9.17, 15) is 9.90 Å². The van der Waals surface area contributed by atoms with Crippen molar-refractivity contribution in [2.75, 3.05) is 13.1 Å². The smallest absolute Gasteiger partial charge is 0.258 e. The average molecular weight is 377 g/mol. The maximum atomic E-state index is 12.3. The van der Waals surface area contributed by atoms with Crippen molar-refractivity contribution >= 4 is 34.3 Å². The van der Waals surface area contributed by atoms with Crippen LogP contribution in [-0.2, 0) is 0 Å². The fraction of sp³-hybridized carbons (Fsp3) is 0.333. The van der Waals surface area contributed by atoms with Crippen molar-refractivity contribution in [1.29, 1.82) is 0 Å². The van der Waals surface area contributed by atoms with E-state index in [0.717, 1.165) is 9.99 Å². The Balaban J connectivity index is 3.01. The number of benzene rings is 1. The quantitative estimate of drug-likeness (QED) is 0.239. The highest BCUT2D eigenvalue weighted by molar-refractivity contribution is 14.1. The fourth-order valence-corrected chi connectivity index (χ4v) is 2.09. The summed E-state index contributed by atoms with van der Waals surface area (Å²) in [6.07, 6.45) is 0.731. The topological polar surface area (TPSA) is 99.1 Å². The molecule has 7 heteroatoms. The van der Waals surface area contributed by atoms with E-state index in [0.29, 0.717) is 6.54 Å². The number of rotatable bonds is 5. The van der Waals surface area contributed by atoms with Crippen LogP contribution >= 0.6 is 22.6 Å². The zero-order chi connectivity index (χ0) is 14.4. The highest BCUT2D eigenvalue weighted by Gasteiger charge is 2.19. The number of phenolic OH excluding ortho intramolecular Hbond substituents is 1. The minimum atomic E-state index is -0.343. The first-order chi connectivity index (χ1) is 8.99. The number of carbonyl (C=O) groups excluding carboxylic acids is 1. The van der Waals surface area contributed by atoms with Crippen molar-refractivity contribution in [2.24, 2.45) is 10.9 Å². The molecule has 0 radical (unpaired) electrons. The zero-order valence-electron chi connectivity index (χ0n) is 10.5. The number of phenols is 1. The number of amides is 1. The highest BCUT2D eigenvalue weighted by Crippen LogP contribution is 2.21. The Labute approximate surface area is 125 Å². The molecule has 19 heavy (non-hydrogen) atoms. The molecule has 0 aliphatic rings. The standard InChI is InChI=1S/C12H16IN3O3/c1-2-5-16(7-11(14)15-19)12(18)9-6-8(13)3-4-10(9)17/h3-4,6,17,19H,2,5,7H2,1H3,(H2,14,15). The first kappa shape index (κ1) is 15.5. The van der Waals surface area contributed by atoms with Gasteiger partial charge in [-0.3, -0.25) is 4.79 Å². The van der Waals surface area contributed by atoms with Crippen LogP contribution in [0.2, 0.25) is 0 Å². The van der Waals surface area contributed by atoms with Gasteiger partial charge in [-0.05, 0) is 47.2 Å². The Hall–Kier alpha value is -1.51. The van der Waals surface area contributed by atoms with Gasteiger partial charge in [0.2, 0.25) is 0 Å². The van der Waals surface area contributed by atoms with Crippen LogP contribution in [0.5, 0.6) is 5.75 Å². The number of nitrogens with zero attached hydrogens (tertiary/aromatic N) is 2. The number of carbonyl (C=O) groups is 1. The number of nitrogens with two attached hydrogens (primary N) is 1. The van der Waals surface area contributed by atoms with Gasteiger partial charge < -0.3 is 20.9 Å². The van der Waals surface area contributed by atoms with Crippen molar-refractivity contribution in [3.05, 3.63) is 27.3 Å². The van der Waals surface area contributed by atoms with Gasteiger partial charge in [0.05, 0.1) is 12.1 Å². The summed E-state index contributed by atoms with van der Waals surface area (Å²) in [7, 11) is 0. The van der Waals surface area contributed by atoms with E-state index in [1.54, 1.807) is 12.1 Å². The predicted molar refractivity (Wildman–Crippen MR) is 80.4 cm³/mol. The van der Waals surface area contributed by atoms with Crippen molar-refractivity contribution < 1.29 is 15.1 Å². The van der Waals surface area contributed by atoms with E-state index < -0.39 is 0 Å². The molecule has 0 unspecified atom stereocenters. The summed E-state index contributed by atoms with van der Waals surface area (Å²) in [5.41, 5.74) is 5.64. The molecule has 0 atom stereocenters. The van der Waals surface area contributed by atoms with Gasteiger partial charge in [-0.25, -0.2) is 0 Å². The summed E-state index contributed by atoms with van der Waals surface area (Å²) < 4.78 is 0.846. The number of halogens is 1. The predicted octanol–water partition coefficient (Wildman–Crippen LogP) is 1.60. The molecule has 4 N–H and O–H groups in total. The number of oxime groups is 1. The molecule has 0 aromatic heterocycles. The van der Waals surface area contributed by atoms with Crippen molar-refractivity contribution in [3.8, 4) is 5.75 Å². The molecular formula is C12H16IN3O3. The Morgan fingerprint density at radius 1 is 1.53 bits per heavy atom. The third-order valence-electron chi connectivity index (χ3n) is 2.45. The van der Waals surface area contributed by atoms with E-state index in [-0.39, 0.29) is 29.6 Å². The van der Waals surface area contributed by atoms with Crippen LogP contribution in [0, 0.1) is 3.57 Å². The minimum Gasteiger partial charge on any atom is -0.507 e. The van der Waals surface area contributed by atoms with Crippen molar-refractivity contribution in [3.63, 3.8) is 0 Å². The van der Waals surface area contributed by atoms with Gasteiger partial charge in [0.25, 0.3) is 5.91 Å². The van der Waals surface area contributed by atoms with Gasteiger partial charge in [-0.15, -0.1) is 0 Å². The Morgan fingerprint density at radius 3 is 2.79 bits per heavy atom. The maximum absolute atomic E-state index is 12.3. The maximum Gasteiger partial charge on any atom is 0.258 e. The lowest BCUT2D eigenvalue weighted by Gasteiger charge is -2.21. The summed E-state index contributed by atoms with van der Waals surface area (Å²) in [6, 6.07) is 4.79. The lowest BCUT2D eigenvalue weighted by molar-refractivity contribution is 0.0775. The molecule has 0 heterocycles. The van der Waals surface area contributed by atoms with Gasteiger partial charge in [0.15, 0.2) is 5.84 Å². The monoisotopic (exact) mass is 377 g/mol. The molecule has 0 saturated heterocycles. The summed E-state index contributed by atoms with van der Waals surface area (Å²) in [4.78, 5) is 13.8. The van der Waals surface area contributed by atoms with Crippen LogP contribution in [0.1, 0.15) is 23.7 Å². The molecule has 104 valence electrons. The first-order valence-corrected chi connectivity index (χ1v) is 6.81. The SMILES string of the molecule is CCCN(C/C(N)=N/O)C(=O)c1cc(I)ccc1O. The second kappa shape index (κ2) is 7.17. The fourth-order valence-electron chi connectivity index (χ4n) is 1.60. The van der Waals surface area contributed by atoms with Crippen LogP contribution in [0.3, 0.4) is 0 Å².